The van der Waals surface area contributed by atoms with Crippen LogP contribution in [0.5, 0.6) is 0 Å². The number of rotatable bonds is 3. The number of nitrogens with zero attached hydrogens (tertiary/aromatic N) is 3. The van der Waals surface area contributed by atoms with Gasteiger partial charge in [-0.15, -0.1) is 0 Å². The standard InChI is InChI=1S/C9H14N4O2/c1-7-6-13(11-8(7)10)3-2-12-4-5-15-9(12)14/h6H,2-5H2,1H3,(H2,10,11). The van der Waals surface area contributed by atoms with E-state index in [2.05, 4.69) is 5.10 Å². The van der Waals surface area contributed by atoms with Crippen molar-refractivity contribution in [1.82, 2.24) is 14.7 Å². The number of hydrogen-bond acceptors (Lipinski definition) is 4. The molecule has 6 nitrogen and oxygen atoms in total. The number of aryl methyl sites for hydroxylation is 1. The topological polar surface area (TPSA) is 73.4 Å². The van der Waals surface area contributed by atoms with Crippen molar-refractivity contribution in [3.05, 3.63) is 11.8 Å². The fourth-order valence-electron chi connectivity index (χ4n) is 1.50. The fourth-order valence-corrected chi connectivity index (χ4v) is 1.50. The van der Waals surface area contributed by atoms with Crippen LogP contribution in [-0.2, 0) is 11.3 Å². The van der Waals surface area contributed by atoms with Crippen LogP contribution in [0.25, 0.3) is 0 Å². The molecule has 1 aromatic heterocycles. The molecule has 82 valence electrons. The minimum absolute atomic E-state index is 0.244. The van der Waals surface area contributed by atoms with Crippen molar-refractivity contribution >= 4 is 11.9 Å². The number of cyclic esters (lactones) is 1. The highest BCUT2D eigenvalue weighted by atomic mass is 16.6. The smallest absolute Gasteiger partial charge is 0.410 e. The van der Waals surface area contributed by atoms with Gasteiger partial charge in [-0.2, -0.15) is 5.10 Å². The summed E-state index contributed by atoms with van der Waals surface area (Å²) in [5.41, 5.74) is 6.57. The van der Waals surface area contributed by atoms with Gasteiger partial charge in [0.05, 0.1) is 13.1 Å². The maximum absolute atomic E-state index is 11.1. The summed E-state index contributed by atoms with van der Waals surface area (Å²) in [6, 6.07) is 0. The molecule has 2 N–H and O–H groups in total. The molecule has 1 fully saturated rings. The molecule has 1 aromatic rings. The molecule has 2 heterocycles. The number of nitrogen functional groups attached to an aromatic ring is 1. The molecule has 1 saturated heterocycles. The maximum atomic E-state index is 11.1. The molecule has 1 amide bonds. The monoisotopic (exact) mass is 210 g/mol. The van der Waals surface area contributed by atoms with Crippen molar-refractivity contribution in [2.45, 2.75) is 13.5 Å². The fraction of sp³-hybridized carbons (Fsp3) is 0.556. The number of carbonyl (C=O) groups excluding carboxylic acids is 1. The van der Waals surface area contributed by atoms with Gasteiger partial charge in [0, 0.05) is 18.3 Å². The van der Waals surface area contributed by atoms with Gasteiger partial charge in [-0.25, -0.2) is 4.79 Å². The second-order valence-electron chi connectivity index (χ2n) is 3.56. The number of anilines is 1. The van der Waals surface area contributed by atoms with Gasteiger partial charge in [0.1, 0.15) is 12.4 Å². The van der Waals surface area contributed by atoms with Crippen molar-refractivity contribution in [2.75, 3.05) is 25.4 Å². The first-order valence-electron chi connectivity index (χ1n) is 4.88. The van der Waals surface area contributed by atoms with Gasteiger partial charge in [-0.1, -0.05) is 0 Å². The quantitative estimate of drug-likeness (QED) is 0.774. The van der Waals surface area contributed by atoms with E-state index in [0.717, 1.165) is 5.56 Å². The van der Waals surface area contributed by atoms with Gasteiger partial charge in [0.25, 0.3) is 0 Å². The highest BCUT2D eigenvalue weighted by Crippen LogP contribution is 2.07. The maximum Gasteiger partial charge on any atom is 0.410 e. The summed E-state index contributed by atoms with van der Waals surface area (Å²) in [5.74, 6) is 0.541. The minimum Gasteiger partial charge on any atom is -0.448 e. The molecule has 0 atom stereocenters. The van der Waals surface area contributed by atoms with E-state index >= 15 is 0 Å². The molecule has 0 aromatic carbocycles. The summed E-state index contributed by atoms with van der Waals surface area (Å²) < 4.78 is 6.56. The van der Waals surface area contributed by atoms with E-state index in [-0.39, 0.29) is 6.09 Å². The number of aromatic nitrogens is 2. The molecule has 0 spiro atoms. The molecule has 0 saturated carbocycles. The Bertz CT molecular complexity index is 355. The van der Waals surface area contributed by atoms with Crippen molar-refractivity contribution in [1.29, 1.82) is 0 Å². The number of hydrogen-bond donors (Lipinski definition) is 1. The third kappa shape index (κ3) is 2.03. The van der Waals surface area contributed by atoms with E-state index < -0.39 is 0 Å². The summed E-state index contributed by atoms with van der Waals surface area (Å²) in [7, 11) is 0. The minimum atomic E-state index is -0.244. The van der Waals surface area contributed by atoms with Crippen LogP contribution < -0.4 is 5.73 Å². The lowest BCUT2D eigenvalue weighted by Crippen LogP contribution is -2.28. The molecular formula is C9H14N4O2. The van der Waals surface area contributed by atoms with E-state index in [1.165, 1.54) is 0 Å². The molecule has 1 aliphatic heterocycles. The van der Waals surface area contributed by atoms with Crippen LogP contribution in [0.1, 0.15) is 5.56 Å². The van der Waals surface area contributed by atoms with Crippen LogP contribution in [0.15, 0.2) is 6.20 Å². The Morgan fingerprint density at radius 2 is 2.40 bits per heavy atom. The SMILES string of the molecule is Cc1cn(CCN2CCOC2=O)nc1N. The average Bonchev–Trinajstić information content (AvgIpc) is 2.72. The number of ether oxygens (including phenoxy) is 1. The van der Waals surface area contributed by atoms with Crippen molar-refractivity contribution in [3.8, 4) is 0 Å². The number of carbonyl (C=O) groups is 1. The zero-order valence-corrected chi connectivity index (χ0v) is 8.64. The van der Waals surface area contributed by atoms with E-state index in [4.69, 9.17) is 10.5 Å². The Kier molecular flexibility index (Phi) is 2.49. The highest BCUT2D eigenvalue weighted by Gasteiger charge is 2.21. The summed E-state index contributed by atoms with van der Waals surface area (Å²) in [6.07, 6.45) is 1.63. The Hall–Kier alpha value is -1.72. The second kappa shape index (κ2) is 3.80. The molecule has 6 heteroatoms. The van der Waals surface area contributed by atoms with E-state index in [1.807, 2.05) is 13.1 Å². The van der Waals surface area contributed by atoms with Crippen LogP contribution in [0.3, 0.4) is 0 Å². The van der Waals surface area contributed by atoms with Gasteiger partial charge in [0.2, 0.25) is 0 Å². The Morgan fingerprint density at radius 1 is 1.60 bits per heavy atom. The lowest BCUT2D eigenvalue weighted by Gasteiger charge is -2.11. The van der Waals surface area contributed by atoms with Crippen LogP contribution in [0, 0.1) is 6.92 Å². The predicted octanol–water partition coefficient (Wildman–Crippen LogP) is 0.226. The van der Waals surface area contributed by atoms with Crippen molar-refractivity contribution in [3.63, 3.8) is 0 Å². The summed E-state index contributed by atoms with van der Waals surface area (Å²) in [4.78, 5) is 12.8. The first-order chi connectivity index (χ1) is 7.16. The summed E-state index contributed by atoms with van der Waals surface area (Å²) in [5, 5.41) is 4.11. The molecular weight excluding hydrogens is 196 g/mol. The van der Waals surface area contributed by atoms with E-state index in [1.54, 1.807) is 9.58 Å². The van der Waals surface area contributed by atoms with Gasteiger partial charge < -0.3 is 15.4 Å². The normalized spacial score (nSPS) is 15.8. The summed E-state index contributed by atoms with van der Waals surface area (Å²) in [6.45, 7) is 4.31. The van der Waals surface area contributed by atoms with Crippen molar-refractivity contribution in [2.24, 2.45) is 0 Å². The number of amides is 1. The van der Waals surface area contributed by atoms with E-state index in [0.29, 0.717) is 32.1 Å². The summed E-state index contributed by atoms with van der Waals surface area (Å²) >= 11 is 0. The number of nitrogens with two attached hydrogens (primary N) is 1. The largest absolute Gasteiger partial charge is 0.448 e. The van der Waals surface area contributed by atoms with Crippen LogP contribution in [0.4, 0.5) is 10.6 Å². The molecule has 0 bridgehead atoms. The molecule has 1 aliphatic rings. The first kappa shape index (κ1) is 9.82. The van der Waals surface area contributed by atoms with Crippen LogP contribution in [-0.4, -0.2) is 40.5 Å². The zero-order valence-electron chi connectivity index (χ0n) is 8.64. The molecule has 2 rings (SSSR count). The second-order valence-corrected chi connectivity index (χ2v) is 3.56. The Balaban J connectivity index is 1.90. The highest BCUT2D eigenvalue weighted by molar-refractivity contribution is 5.69. The van der Waals surface area contributed by atoms with Crippen LogP contribution in [0.2, 0.25) is 0 Å². The van der Waals surface area contributed by atoms with Gasteiger partial charge in [-0.05, 0) is 6.92 Å². The Labute approximate surface area is 87.6 Å². The van der Waals surface area contributed by atoms with Gasteiger partial charge in [0.15, 0.2) is 0 Å². The lowest BCUT2D eigenvalue weighted by molar-refractivity contribution is 0.157. The van der Waals surface area contributed by atoms with Gasteiger partial charge in [-0.3, -0.25) is 4.68 Å². The zero-order chi connectivity index (χ0) is 10.8. The van der Waals surface area contributed by atoms with E-state index in [9.17, 15) is 4.79 Å². The third-order valence-corrected chi connectivity index (χ3v) is 2.43. The van der Waals surface area contributed by atoms with Crippen molar-refractivity contribution < 1.29 is 9.53 Å². The average molecular weight is 210 g/mol. The molecule has 0 aliphatic carbocycles. The van der Waals surface area contributed by atoms with Crippen LogP contribution >= 0.6 is 0 Å². The third-order valence-electron chi connectivity index (χ3n) is 2.43. The molecule has 0 radical (unpaired) electrons. The molecule has 15 heavy (non-hydrogen) atoms. The molecule has 0 unspecified atom stereocenters. The first-order valence-corrected chi connectivity index (χ1v) is 4.88. The predicted molar refractivity (Wildman–Crippen MR) is 54.3 cm³/mol. The lowest BCUT2D eigenvalue weighted by atomic mass is 10.4. The Morgan fingerprint density at radius 3 is 2.93 bits per heavy atom. The van der Waals surface area contributed by atoms with Gasteiger partial charge >= 0.3 is 6.09 Å².